The molecule has 0 aliphatic rings. The number of hydrogen-bond acceptors (Lipinski definition) is 3. The Balaban J connectivity index is 5.04. The second-order valence-electron chi connectivity index (χ2n) is 5.19. The summed E-state index contributed by atoms with van der Waals surface area (Å²) >= 11 is 0. The van der Waals surface area contributed by atoms with Gasteiger partial charge in [0.25, 0.3) is 0 Å². The highest BCUT2D eigenvalue weighted by Gasteiger charge is 2.42. The first kappa shape index (κ1) is 18.4. The topological polar surface area (TPSA) is 35.5 Å². The highest BCUT2D eigenvalue weighted by molar-refractivity contribution is 6.75. The normalized spacial score (nSPS) is 15.6. The van der Waals surface area contributed by atoms with Gasteiger partial charge in [0.05, 0.1) is 0 Å². The third kappa shape index (κ3) is 5.49. The zero-order valence-electron chi connectivity index (χ0n) is 13.3. The van der Waals surface area contributed by atoms with Crippen LogP contribution in [0.5, 0.6) is 0 Å². The van der Waals surface area contributed by atoms with Crippen LogP contribution in [0, 0.1) is 0 Å². The molecule has 0 amide bonds. The lowest BCUT2D eigenvalue weighted by molar-refractivity contribution is -0.142. The summed E-state index contributed by atoms with van der Waals surface area (Å²) in [5.41, 5.74) is 0.416. The Kier molecular flexibility index (Phi) is 9.02. The van der Waals surface area contributed by atoms with E-state index in [9.17, 15) is 4.79 Å². The Morgan fingerprint density at radius 1 is 1.26 bits per heavy atom. The predicted octanol–water partition coefficient (Wildman–Crippen LogP) is 4.23. The number of hydrogen-bond donors (Lipinski definition) is 0. The molecule has 3 nitrogen and oxygen atoms in total. The van der Waals surface area contributed by atoms with E-state index in [1.807, 2.05) is 0 Å². The number of esters is 1. The summed E-state index contributed by atoms with van der Waals surface area (Å²) in [7, 11) is -0.226. The van der Waals surface area contributed by atoms with Crippen molar-refractivity contribution in [2.24, 2.45) is 0 Å². The van der Waals surface area contributed by atoms with E-state index in [-0.39, 0.29) is 11.7 Å². The van der Waals surface area contributed by atoms with Crippen LogP contribution >= 0.6 is 0 Å². The molecule has 0 heterocycles. The lowest BCUT2D eigenvalue weighted by Crippen LogP contribution is -2.51. The van der Waals surface area contributed by atoms with E-state index in [4.69, 9.17) is 9.16 Å². The van der Waals surface area contributed by atoms with Gasteiger partial charge in [0, 0.05) is 12.7 Å². The maximum atomic E-state index is 11.8. The molecule has 0 spiro atoms. The van der Waals surface area contributed by atoms with E-state index in [0.717, 1.165) is 37.8 Å². The summed E-state index contributed by atoms with van der Waals surface area (Å²) < 4.78 is 11.6. The first-order chi connectivity index (χ1) is 8.97. The number of carbonyl (C=O) groups excluding carboxylic acids is 1. The highest BCUT2D eigenvalue weighted by Crippen LogP contribution is 2.28. The fraction of sp³-hybridized carbons (Fsp3) is 0.800. The molecule has 0 aromatic rings. The Morgan fingerprint density at radius 2 is 1.89 bits per heavy atom. The molecule has 112 valence electrons. The third-order valence-corrected chi connectivity index (χ3v) is 8.62. The van der Waals surface area contributed by atoms with Crippen LogP contribution in [0.2, 0.25) is 12.1 Å². The van der Waals surface area contributed by atoms with E-state index in [2.05, 4.69) is 27.4 Å². The quantitative estimate of drug-likeness (QED) is 0.342. The van der Waals surface area contributed by atoms with Gasteiger partial charge in [-0.25, -0.2) is 4.79 Å². The molecule has 0 saturated heterocycles. The standard InChI is InChI=1S/C15H30O3Si/c1-7-10-11-14(18-15(16)13(4)5)19(9-3,17-6)12-8-2/h14H,4,7-12H2,1-3,5-6H3. The van der Waals surface area contributed by atoms with Crippen molar-refractivity contribution in [3.63, 3.8) is 0 Å². The number of ether oxygens (including phenoxy) is 1. The second-order valence-corrected chi connectivity index (χ2v) is 9.58. The SMILES string of the molecule is C=C(C)C(=O)OC(CCCC)[Si](CC)(CCC)OC. The van der Waals surface area contributed by atoms with Crippen molar-refractivity contribution >= 4 is 14.3 Å². The summed E-state index contributed by atoms with van der Waals surface area (Å²) in [5, 5.41) is 0. The fourth-order valence-electron chi connectivity index (χ4n) is 2.42. The second kappa shape index (κ2) is 9.32. The van der Waals surface area contributed by atoms with Crippen molar-refractivity contribution in [3.8, 4) is 0 Å². The molecule has 19 heavy (non-hydrogen) atoms. The van der Waals surface area contributed by atoms with Crippen molar-refractivity contribution < 1.29 is 14.0 Å². The Hall–Kier alpha value is -0.613. The van der Waals surface area contributed by atoms with Gasteiger partial charge < -0.3 is 9.16 Å². The molecule has 0 N–H and O–H groups in total. The van der Waals surface area contributed by atoms with Gasteiger partial charge in [-0.15, -0.1) is 0 Å². The van der Waals surface area contributed by atoms with E-state index in [0.29, 0.717) is 5.57 Å². The molecule has 0 fully saturated rings. The van der Waals surface area contributed by atoms with Crippen LogP contribution in [0.1, 0.15) is 53.4 Å². The molecular weight excluding hydrogens is 256 g/mol. The van der Waals surface area contributed by atoms with Gasteiger partial charge in [-0.3, -0.25) is 0 Å². The number of unbranched alkanes of at least 4 members (excludes halogenated alkanes) is 1. The lowest BCUT2D eigenvalue weighted by Gasteiger charge is -2.36. The molecule has 0 aliphatic heterocycles. The first-order valence-electron chi connectivity index (χ1n) is 7.39. The molecule has 0 radical (unpaired) electrons. The summed E-state index contributed by atoms with van der Waals surface area (Å²) in [6.45, 7) is 11.8. The van der Waals surface area contributed by atoms with E-state index in [1.54, 1.807) is 14.0 Å². The zero-order chi connectivity index (χ0) is 14.9. The van der Waals surface area contributed by atoms with Gasteiger partial charge in [0.1, 0.15) is 5.73 Å². The van der Waals surface area contributed by atoms with Gasteiger partial charge in [-0.05, 0) is 25.4 Å². The van der Waals surface area contributed by atoms with E-state index >= 15 is 0 Å². The van der Waals surface area contributed by atoms with Crippen molar-refractivity contribution in [3.05, 3.63) is 12.2 Å². The minimum atomic E-state index is -2.00. The molecule has 4 heteroatoms. The molecule has 2 atom stereocenters. The summed E-state index contributed by atoms with van der Waals surface area (Å²) in [4.78, 5) is 11.8. The fourth-order valence-corrected chi connectivity index (χ4v) is 6.20. The van der Waals surface area contributed by atoms with Crippen LogP contribution in [0.25, 0.3) is 0 Å². The Morgan fingerprint density at radius 3 is 2.26 bits per heavy atom. The van der Waals surface area contributed by atoms with Crippen LogP contribution in [0.15, 0.2) is 12.2 Å². The lowest BCUT2D eigenvalue weighted by atomic mass is 10.2. The number of rotatable bonds is 10. The van der Waals surface area contributed by atoms with Crippen LogP contribution in [-0.4, -0.2) is 27.1 Å². The van der Waals surface area contributed by atoms with Crippen molar-refractivity contribution in [1.82, 2.24) is 0 Å². The molecule has 0 rings (SSSR count). The van der Waals surface area contributed by atoms with Crippen LogP contribution in [-0.2, 0) is 14.0 Å². The van der Waals surface area contributed by atoms with E-state index in [1.165, 1.54) is 0 Å². The first-order valence-corrected chi connectivity index (χ1v) is 9.79. The molecule has 0 saturated carbocycles. The van der Waals surface area contributed by atoms with Gasteiger partial charge in [-0.1, -0.05) is 46.6 Å². The van der Waals surface area contributed by atoms with E-state index < -0.39 is 8.32 Å². The van der Waals surface area contributed by atoms with Crippen LogP contribution in [0.3, 0.4) is 0 Å². The minimum absolute atomic E-state index is 0.0494. The smallest absolute Gasteiger partial charge is 0.333 e. The maximum Gasteiger partial charge on any atom is 0.333 e. The van der Waals surface area contributed by atoms with Crippen molar-refractivity contribution in [2.75, 3.05) is 7.11 Å². The summed E-state index contributed by atoms with van der Waals surface area (Å²) in [6.07, 6.45) is 4.14. The average Bonchev–Trinajstić information content (AvgIpc) is 2.40. The average molecular weight is 286 g/mol. The predicted molar refractivity (Wildman–Crippen MR) is 82.6 cm³/mol. The Labute approximate surface area is 119 Å². The zero-order valence-corrected chi connectivity index (χ0v) is 14.3. The third-order valence-electron chi connectivity index (χ3n) is 3.68. The molecule has 0 aliphatic carbocycles. The van der Waals surface area contributed by atoms with Gasteiger partial charge in [0.2, 0.25) is 8.32 Å². The molecular formula is C15H30O3Si. The van der Waals surface area contributed by atoms with Crippen LogP contribution in [0.4, 0.5) is 0 Å². The molecule has 0 aromatic carbocycles. The van der Waals surface area contributed by atoms with Crippen molar-refractivity contribution in [1.29, 1.82) is 0 Å². The maximum absolute atomic E-state index is 11.8. The number of carbonyl (C=O) groups is 1. The largest absolute Gasteiger partial charge is 0.460 e. The molecule has 2 unspecified atom stereocenters. The molecule has 0 aromatic heterocycles. The van der Waals surface area contributed by atoms with Gasteiger partial charge >= 0.3 is 5.97 Å². The monoisotopic (exact) mass is 286 g/mol. The molecule has 0 bridgehead atoms. The van der Waals surface area contributed by atoms with Crippen LogP contribution < -0.4 is 0 Å². The summed E-state index contributed by atoms with van der Waals surface area (Å²) in [5.74, 6) is -0.278. The van der Waals surface area contributed by atoms with Gasteiger partial charge in [0.15, 0.2) is 0 Å². The van der Waals surface area contributed by atoms with Gasteiger partial charge in [-0.2, -0.15) is 0 Å². The van der Waals surface area contributed by atoms with Crippen molar-refractivity contribution in [2.45, 2.75) is 71.2 Å². The summed E-state index contributed by atoms with van der Waals surface area (Å²) in [6, 6.07) is 2.02. The minimum Gasteiger partial charge on any atom is -0.460 e. The Bertz CT molecular complexity index is 285. The highest BCUT2D eigenvalue weighted by atomic mass is 28.4.